The van der Waals surface area contributed by atoms with Gasteiger partial charge in [-0.3, -0.25) is 4.79 Å². The molecule has 2 rings (SSSR count). The summed E-state index contributed by atoms with van der Waals surface area (Å²) in [5.41, 5.74) is 1.72. The van der Waals surface area contributed by atoms with Gasteiger partial charge in [-0.25, -0.2) is 4.98 Å². The zero-order valence-electron chi connectivity index (χ0n) is 8.86. The number of carboxylic acid groups (broad SMARTS) is 1. The topological polar surface area (TPSA) is 62.2 Å². The molecule has 1 aromatic carbocycles. The first-order valence-corrected chi connectivity index (χ1v) is 5.86. The number of anilines is 1. The lowest BCUT2D eigenvalue weighted by Gasteiger charge is -1.95. The number of hydrogen-bond acceptors (Lipinski definition) is 4. The Morgan fingerprint density at radius 3 is 3.06 bits per heavy atom. The third kappa shape index (κ3) is 2.30. The van der Waals surface area contributed by atoms with Crippen molar-refractivity contribution < 1.29 is 9.90 Å². The van der Waals surface area contributed by atoms with E-state index in [0.29, 0.717) is 0 Å². The Labute approximate surface area is 96.9 Å². The molecule has 0 aliphatic carbocycles. The highest BCUT2D eigenvalue weighted by Crippen LogP contribution is 2.26. The summed E-state index contributed by atoms with van der Waals surface area (Å²) in [6.07, 6.45) is 0.0599. The van der Waals surface area contributed by atoms with Gasteiger partial charge in [0.05, 0.1) is 16.6 Å². The van der Waals surface area contributed by atoms with Gasteiger partial charge in [-0.2, -0.15) is 0 Å². The molecule has 1 aromatic heterocycles. The number of carbonyl (C=O) groups is 1. The molecule has 0 aliphatic heterocycles. The molecular weight excluding hydrogens is 224 g/mol. The van der Waals surface area contributed by atoms with E-state index in [2.05, 4.69) is 10.3 Å². The van der Waals surface area contributed by atoms with Crippen LogP contribution in [0.2, 0.25) is 0 Å². The Hall–Kier alpha value is -1.62. The predicted molar refractivity (Wildman–Crippen MR) is 65.1 cm³/mol. The highest BCUT2D eigenvalue weighted by atomic mass is 32.1. The molecule has 2 N–H and O–H groups in total. The zero-order chi connectivity index (χ0) is 11.5. The molecule has 0 unspecified atom stereocenters. The summed E-state index contributed by atoms with van der Waals surface area (Å²) < 4.78 is 1.02. The first kappa shape index (κ1) is 10.9. The number of aromatic nitrogens is 1. The monoisotopic (exact) mass is 236 g/mol. The van der Waals surface area contributed by atoms with E-state index in [1.54, 1.807) is 11.3 Å². The van der Waals surface area contributed by atoms with E-state index in [4.69, 9.17) is 5.11 Å². The van der Waals surface area contributed by atoms with E-state index in [1.165, 1.54) is 0 Å². The van der Waals surface area contributed by atoms with Gasteiger partial charge in [-0.1, -0.05) is 17.4 Å². The van der Waals surface area contributed by atoms with Gasteiger partial charge < -0.3 is 10.4 Å². The molecule has 0 spiro atoms. The number of nitrogens with zero attached hydrogens (tertiary/aromatic N) is 1. The quantitative estimate of drug-likeness (QED) is 0.855. The summed E-state index contributed by atoms with van der Waals surface area (Å²) in [4.78, 5) is 15.0. The number of benzene rings is 1. The molecule has 0 amide bonds. The van der Waals surface area contributed by atoms with E-state index in [0.717, 1.165) is 27.5 Å². The maximum Gasteiger partial charge on any atom is 0.307 e. The molecule has 0 atom stereocenters. The van der Waals surface area contributed by atoms with Crippen LogP contribution in [0.5, 0.6) is 0 Å². The fraction of sp³-hybridized carbons (Fsp3) is 0.273. The Bertz CT molecular complexity index is 522. The van der Waals surface area contributed by atoms with Gasteiger partial charge >= 0.3 is 5.97 Å². The van der Waals surface area contributed by atoms with Crippen molar-refractivity contribution >= 4 is 32.7 Å². The highest BCUT2D eigenvalue weighted by molar-refractivity contribution is 7.22. The number of aliphatic carboxylic acids is 1. The summed E-state index contributed by atoms with van der Waals surface area (Å²) in [7, 11) is 0. The van der Waals surface area contributed by atoms with E-state index in [9.17, 15) is 4.79 Å². The van der Waals surface area contributed by atoms with Crippen LogP contribution in [0.3, 0.4) is 0 Å². The second-order valence-electron chi connectivity index (χ2n) is 3.42. The lowest BCUT2D eigenvalue weighted by atomic mass is 10.1. The molecular formula is C11H12N2O2S. The molecule has 0 saturated carbocycles. The number of thiazole rings is 1. The van der Waals surface area contributed by atoms with E-state index >= 15 is 0 Å². The number of hydrogen-bond donors (Lipinski definition) is 2. The van der Waals surface area contributed by atoms with E-state index < -0.39 is 5.97 Å². The number of rotatable bonds is 4. The molecule has 0 aliphatic rings. The number of nitrogens with one attached hydrogen (secondary N) is 1. The molecule has 0 fully saturated rings. The standard InChI is InChI=1S/C11H12N2O2S/c1-2-12-11-13-8-4-3-7(6-10(14)15)5-9(8)16-11/h3-5H,2,6H2,1H3,(H,12,13)(H,14,15). The SMILES string of the molecule is CCNc1nc2ccc(CC(=O)O)cc2s1. The summed E-state index contributed by atoms with van der Waals surface area (Å²) in [5, 5.41) is 12.7. The van der Waals surface area contributed by atoms with Crippen molar-refractivity contribution in [2.75, 3.05) is 11.9 Å². The number of fused-ring (bicyclic) bond motifs is 1. The second-order valence-corrected chi connectivity index (χ2v) is 4.45. The normalized spacial score (nSPS) is 10.6. The lowest BCUT2D eigenvalue weighted by molar-refractivity contribution is -0.136. The summed E-state index contributed by atoms with van der Waals surface area (Å²) in [5.74, 6) is -0.809. The first-order chi connectivity index (χ1) is 7.69. The van der Waals surface area contributed by atoms with Gasteiger partial charge in [0, 0.05) is 6.54 Å². The Morgan fingerprint density at radius 2 is 2.38 bits per heavy atom. The maximum atomic E-state index is 10.6. The minimum Gasteiger partial charge on any atom is -0.481 e. The van der Waals surface area contributed by atoms with Crippen molar-refractivity contribution in [3.05, 3.63) is 23.8 Å². The van der Waals surface area contributed by atoms with Crippen molar-refractivity contribution in [2.45, 2.75) is 13.3 Å². The molecule has 0 bridgehead atoms. The van der Waals surface area contributed by atoms with Gasteiger partial charge in [-0.05, 0) is 24.6 Å². The van der Waals surface area contributed by atoms with Gasteiger partial charge in [0.2, 0.25) is 0 Å². The van der Waals surface area contributed by atoms with Gasteiger partial charge in [-0.15, -0.1) is 0 Å². The predicted octanol–water partition coefficient (Wildman–Crippen LogP) is 2.36. The van der Waals surface area contributed by atoms with Gasteiger partial charge in [0.15, 0.2) is 5.13 Å². The smallest absolute Gasteiger partial charge is 0.307 e. The first-order valence-electron chi connectivity index (χ1n) is 5.04. The van der Waals surface area contributed by atoms with Crippen molar-refractivity contribution in [2.24, 2.45) is 0 Å². The van der Waals surface area contributed by atoms with Crippen LogP contribution in [-0.2, 0) is 11.2 Å². The Balaban J connectivity index is 2.33. The largest absolute Gasteiger partial charge is 0.481 e. The van der Waals surface area contributed by atoms with E-state index in [1.807, 2.05) is 25.1 Å². The zero-order valence-corrected chi connectivity index (χ0v) is 9.67. The van der Waals surface area contributed by atoms with Crippen LogP contribution in [0.25, 0.3) is 10.2 Å². The van der Waals surface area contributed by atoms with E-state index in [-0.39, 0.29) is 6.42 Å². The number of carboxylic acids is 1. The lowest BCUT2D eigenvalue weighted by Crippen LogP contribution is -1.99. The third-order valence-corrected chi connectivity index (χ3v) is 3.11. The van der Waals surface area contributed by atoms with Crippen LogP contribution in [0.1, 0.15) is 12.5 Å². The minimum absolute atomic E-state index is 0.0599. The molecule has 4 nitrogen and oxygen atoms in total. The maximum absolute atomic E-state index is 10.6. The molecule has 0 saturated heterocycles. The molecule has 5 heteroatoms. The van der Waals surface area contributed by atoms with Crippen molar-refractivity contribution in [1.29, 1.82) is 0 Å². The third-order valence-electron chi connectivity index (χ3n) is 2.14. The average molecular weight is 236 g/mol. The van der Waals surface area contributed by atoms with Gasteiger partial charge in [0.1, 0.15) is 0 Å². The summed E-state index contributed by atoms with van der Waals surface area (Å²) >= 11 is 1.55. The molecule has 84 valence electrons. The van der Waals surface area contributed by atoms with Crippen LogP contribution in [-0.4, -0.2) is 22.6 Å². The van der Waals surface area contributed by atoms with Crippen LogP contribution < -0.4 is 5.32 Å². The van der Waals surface area contributed by atoms with Crippen molar-refractivity contribution in [1.82, 2.24) is 4.98 Å². The molecule has 0 radical (unpaired) electrons. The summed E-state index contributed by atoms with van der Waals surface area (Å²) in [6.45, 7) is 2.85. The van der Waals surface area contributed by atoms with Crippen molar-refractivity contribution in [3.63, 3.8) is 0 Å². The fourth-order valence-corrected chi connectivity index (χ4v) is 2.48. The van der Waals surface area contributed by atoms with Crippen LogP contribution in [0.15, 0.2) is 18.2 Å². The van der Waals surface area contributed by atoms with Crippen LogP contribution in [0.4, 0.5) is 5.13 Å². The highest BCUT2D eigenvalue weighted by Gasteiger charge is 2.05. The molecule has 2 aromatic rings. The van der Waals surface area contributed by atoms with Crippen LogP contribution >= 0.6 is 11.3 Å². The average Bonchev–Trinajstić information content (AvgIpc) is 2.59. The Morgan fingerprint density at radius 1 is 1.56 bits per heavy atom. The van der Waals surface area contributed by atoms with Crippen molar-refractivity contribution in [3.8, 4) is 0 Å². The Kier molecular flexibility index (Phi) is 3.05. The minimum atomic E-state index is -0.809. The van der Waals surface area contributed by atoms with Gasteiger partial charge in [0.25, 0.3) is 0 Å². The second kappa shape index (κ2) is 4.49. The van der Waals surface area contributed by atoms with Crippen LogP contribution in [0, 0.1) is 0 Å². The molecule has 1 heterocycles. The molecule has 16 heavy (non-hydrogen) atoms. The summed E-state index contributed by atoms with van der Waals surface area (Å²) in [6, 6.07) is 5.57. The fourth-order valence-electron chi connectivity index (χ4n) is 1.48.